The zero-order valence-electron chi connectivity index (χ0n) is 4.31. The van der Waals surface area contributed by atoms with Gasteiger partial charge in [-0.3, -0.25) is 0 Å². The summed E-state index contributed by atoms with van der Waals surface area (Å²) >= 11 is 10.4. The molecule has 1 aromatic rings. The molecule has 0 radical (unpaired) electrons. The molecule has 0 N–H and O–H groups in total. The molecular weight excluding hydrogens is 205 g/mol. The Hall–Kier alpha value is -0.0000000000000000278. The van der Waals surface area contributed by atoms with Crippen LogP contribution in [0.25, 0.3) is 0 Å². The molecule has 2 nitrogen and oxygen atoms in total. The average molecular weight is 205 g/mol. The molecule has 0 saturated carbocycles. The number of halogens is 4. The van der Waals surface area contributed by atoms with Crippen molar-refractivity contribution in [3.63, 3.8) is 0 Å². The van der Waals surface area contributed by atoms with Gasteiger partial charge in [-0.05, 0) is 23.2 Å². The second kappa shape index (κ2) is 2.56. The van der Waals surface area contributed by atoms with Gasteiger partial charge in [-0.25, -0.2) is 0 Å². The SMILES string of the molecule is FC(F)(Cl)c1nnc(Cl)s1. The Bertz CT molecular complexity index is 233. The molecule has 0 aliphatic rings. The predicted molar refractivity (Wildman–Crippen MR) is 34.7 cm³/mol. The summed E-state index contributed by atoms with van der Waals surface area (Å²) in [4.78, 5) is 0. The van der Waals surface area contributed by atoms with Crippen LogP contribution in [0.15, 0.2) is 0 Å². The number of nitrogens with zero attached hydrogens (tertiary/aromatic N) is 2. The van der Waals surface area contributed by atoms with Gasteiger partial charge in [0.25, 0.3) is 0 Å². The zero-order valence-corrected chi connectivity index (χ0v) is 6.64. The Morgan fingerprint density at radius 3 is 2.20 bits per heavy atom. The molecule has 0 unspecified atom stereocenters. The lowest BCUT2D eigenvalue weighted by molar-refractivity contribution is 0.0939. The van der Waals surface area contributed by atoms with Crippen LogP contribution in [-0.4, -0.2) is 10.2 Å². The summed E-state index contributed by atoms with van der Waals surface area (Å²) in [6.45, 7) is 0. The van der Waals surface area contributed by atoms with Crippen LogP contribution < -0.4 is 0 Å². The summed E-state index contributed by atoms with van der Waals surface area (Å²) < 4.78 is 24.1. The van der Waals surface area contributed by atoms with Crippen LogP contribution in [0.2, 0.25) is 4.47 Å². The molecule has 0 bridgehead atoms. The fraction of sp³-hybridized carbons (Fsp3) is 0.333. The highest BCUT2D eigenvalue weighted by Crippen LogP contribution is 2.35. The highest BCUT2D eigenvalue weighted by atomic mass is 35.5. The van der Waals surface area contributed by atoms with E-state index in [-0.39, 0.29) is 4.47 Å². The van der Waals surface area contributed by atoms with Crippen LogP contribution in [0.1, 0.15) is 5.01 Å². The van der Waals surface area contributed by atoms with E-state index in [2.05, 4.69) is 21.8 Å². The molecule has 1 rings (SSSR count). The lowest BCUT2D eigenvalue weighted by atomic mass is 10.7. The molecule has 0 fully saturated rings. The van der Waals surface area contributed by atoms with Crippen molar-refractivity contribution < 1.29 is 8.78 Å². The van der Waals surface area contributed by atoms with E-state index >= 15 is 0 Å². The fourth-order valence-corrected chi connectivity index (χ4v) is 1.17. The van der Waals surface area contributed by atoms with Crippen LogP contribution >= 0.6 is 34.5 Å². The Kier molecular flexibility index (Phi) is 2.07. The van der Waals surface area contributed by atoms with Gasteiger partial charge in [0.15, 0.2) is 0 Å². The molecule has 1 aromatic heterocycles. The van der Waals surface area contributed by atoms with Crippen molar-refractivity contribution in [1.82, 2.24) is 10.2 Å². The number of aromatic nitrogens is 2. The minimum absolute atomic E-state index is 0.0460. The normalized spacial score (nSPS) is 12.0. The molecule has 0 aliphatic heterocycles. The lowest BCUT2D eigenvalue weighted by Crippen LogP contribution is -2.01. The van der Waals surface area contributed by atoms with Gasteiger partial charge in [0.05, 0.1) is 0 Å². The maximum atomic E-state index is 12.1. The van der Waals surface area contributed by atoms with Crippen LogP contribution in [0.3, 0.4) is 0 Å². The van der Waals surface area contributed by atoms with Crippen LogP contribution in [0, 0.1) is 0 Å². The van der Waals surface area contributed by atoms with E-state index in [0.717, 1.165) is 0 Å². The van der Waals surface area contributed by atoms with E-state index in [1.807, 2.05) is 0 Å². The number of hydrogen-bond donors (Lipinski definition) is 0. The van der Waals surface area contributed by atoms with Gasteiger partial charge >= 0.3 is 5.38 Å². The van der Waals surface area contributed by atoms with E-state index in [1.54, 1.807) is 0 Å². The smallest absolute Gasteiger partial charge is 0.180 e. The van der Waals surface area contributed by atoms with Crippen molar-refractivity contribution >= 4 is 34.5 Å². The Morgan fingerprint density at radius 1 is 1.40 bits per heavy atom. The van der Waals surface area contributed by atoms with Gasteiger partial charge in [0.2, 0.25) is 9.47 Å². The molecule has 10 heavy (non-hydrogen) atoms. The first kappa shape index (κ1) is 8.10. The monoisotopic (exact) mass is 204 g/mol. The van der Waals surface area contributed by atoms with Crippen LogP contribution in [0.4, 0.5) is 8.78 Å². The molecular formula is C3Cl2F2N2S. The highest BCUT2D eigenvalue weighted by Gasteiger charge is 2.32. The number of rotatable bonds is 1. The number of alkyl halides is 3. The van der Waals surface area contributed by atoms with Gasteiger partial charge in [0, 0.05) is 0 Å². The Morgan fingerprint density at radius 2 is 2.00 bits per heavy atom. The van der Waals surface area contributed by atoms with Crippen molar-refractivity contribution in [2.24, 2.45) is 0 Å². The largest absolute Gasteiger partial charge is 0.375 e. The van der Waals surface area contributed by atoms with Gasteiger partial charge in [0.1, 0.15) is 0 Å². The van der Waals surface area contributed by atoms with Crippen molar-refractivity contribution in [3.8, 4) is 0 Å². The second-order valence-electron chi connectivity index (χ2n) is 1.36. The molecule has 7 heteroatoms. The van der Waals surface area contributed by atoms with Gasteiger partial charge < -0.3 is 0 Å². The van der Waals surface area contributed by atoms with Crippen LogP contribution in [0.5, 0.6) is 0 Å². The molecule has 1 heterocycles. The summed E-state index contributed by atoms with van der Waals surface area (Å²) in [6, 6.07) is 0. The van der Waals surface area contributed by atoms with E-state index < -0.39 is 10.4 Å². The van der Waals surface area contributed by atoms with Crippen molar-refractivity contribution in [3.05, 3.63) is 9.47 Å². The number of hydrogen-bond acceptors (Lipinski definition) is 3. The maximum Gasteiger partial charge on any atom is 0.375 e. The zero-order chi connectivity index (χ0) is 7.78. The van der Waals surface area contributed by atoms with E-state index in [4.69, 9.17) is 11.6 Å². The van der Waals surface area contributed by atoms with Crippen LogP contribution in [-0.2, 0) is 5.38 Å². The molecule has 0 aliphatic carbocycles. The molecule has 56 valence electrons. The topological polar surface area (TPSA) is 25.8 Å². The summed E-state index contributed by atoms with van der Waals surface area (Å²) in [5.74, 6) is 0. The quantitative estimate of drug-likeness (QED) is 0.658. The molecule has 0 saturated heterocycles. The van der Waals surface area contributed by atoms with Crippen molar-refractivity contribution in [2.45, 2.75) is 5.38 Å². The maximum absolute atomic E-state index is 12.1. The Balaban J connectivity index is 2.96. The standard InChI is InChI=1S/C3Cl2F2N2S/c4-2-9-8-1(10-2)3(5,6)7. The van der Waals surface area contributed by atoms with E-state index in [9.17, 15) is 8.78 Å². The van der Waals surface area contributed by atoms with Gasteiger partial charge in [-0.15, -0.1) is 10.2 Å². The minimum atomic E-state index is -3.45. The third-order valence-electron chi connectivity index (χ3n) is 0.643. The van der Waals surface area contributed by atoms with E-state index in [1.165, 1.54) is 0 Å². The Labute approximate surface area is 68.8 Å². The first-order chi connectivity index (χ1) is 4.50. The summed E-state index contributed by atoms with van der Waals surface area (Å²) in [5.41, 5.74) is 0. The summed E-state index contributed by atoms with van der Waals surface area (Å²) in [5, 5.41) is 2.16. The fourth-order valence-electron chi connectivity index (χ4n) is 0.320. The van der Waals surface area contributed by atoms with Gasteiger partial charge in [-0.1, -0.05) is 11.3 Å². The molecule has 0 amide bonds. The minimum Gasteiger partial charge on any atom is -0.180 e. The van der Waals surface area contributed by atoms with Crippen molar-refractivity contribution in [1.29, 1.82) is 0 Å². The van der Waals surface area contributed by atoms with Gasteiger partial charge in [-0.2, -0.15) is 8.78 Å². The average Bonchev–Trinajstić information content (AvgIpc) is 2.11. The second-order valence-corrected chi connectivity index (χ2v) is 3.39. The summed E-state index contributed by atoms with van der Waals surface area (Å²) in [6.07, 6.45) is 0. The van der Waals surface area contributed by atoms with Crippen molar-refractivity contribution in [2.75, 3.05) is 0 Å². The summed E-state index contributed by atoms with van der Waals surface area (Å²) in [7, 11) is 0. The lowest BCUT2D eigenvalue weighted by Gasteiger charge is -1.98. The molecule has 0 spiro atoms. The third-order valence-corrected chi connectivity index (χ3v) is 2.02. The molecule has 0 atom stereocenters. The third kappa shape index (κ3) is 1.74. The first-order valence-corrected chi connectivity index (χ1v) is 3.63. The highest BCUT2D eigenvalue weighted by molar-refractivity contribution is 7.15. The predicted octanol–water partition coefficient (Wildman–Crippen LogP) is 2.48. The molecule has 0 aromatic carbocycles. The van der Waals surface area contributed by atoms with E-state index in [0.29, 0.717) is 11.3 Å². The first-order valence-electron chi connectivity index (χ1n) is 2.06.